The lowest BCUT2D eigenvalue weighted by Gasteiger charge is -2.14. The maximum atomic E-state index is 12.4. The first-order valence-electron chi connectivity index (χ1n) is 7.99. The highest BCUT2D eigenvalue weighted by Gasteiger charge is 2.25. The zero-order valence-electron chi connectivity index (χ0n) is 13.6. The number of aromatic nitrogens is 3. The lowest BCUT2D eigenvalue weighted by Crippen LogP contribution is -2.27. The molecule has 1 atom stereocenters. The van der Waals surface area contributed by atoms with Crippen LogP contribution in [0.4, 0.5) is 0 Å². The highest BCUT2D eigenvalue weighted by molar-refractivity contribution is 5.94. The largest absolute Gasteiger partial charge is 0.493 e. The summed E-state index contributed by atoms with van der Waals surface area (Å²) < 4.78 is 5.03. The van der Waals surface area contributed by atoms with Gasteiger partial charge in [-0.05, 0) is 36.1 Å². The van der Waals surface area contributed by atoms with Crippen molar-refractivity contribution in [3.05, 3.63) is 59.1 Å². The molecule has 1 amide bonds. The molecular weight excluding hydrogens is 320 g/mol. The Labute approximate surface area is 143 Å². The van der Waals surface area contributed by atoms with E-state index < -0.39 is 0 Å². The van der Waals surface area contributed by atoms with E-state index in [9.17, 15) is 9.90 Å². The number of aromatic hydroxyl groups is 1. The number of benzene rings is 1. The van der Waals surface area contributed by atoms with Crippen LogP contribution in [0.5, 0.6) is 5.88 Å². The number of fused-ring (bicyclic) bond motifs is 1. The number of hydrogen-bond donors (Lipinski definition) is 2. The SMILES string of the molecule is Cc1nc(-c2ccc3c(c2)CCC3NC(=O)c2ccnc(O)c2)no1. The van der Waals surface area contributed by atoms with Crippen LogP contribution in [-0.4, -0.2) is 26.1 Å². The van der Waals surface area contributed by atoms with E-state index in [1.165, 1.54) is 17.8 Å². The predicted octanol–water partition coefficient (Wildman–Crippen LogP) is 2.56. The lowest BCUT2D eigenvalue weighted by molar-refractivity contribution is 0.0936. The van der Waals surface area contributed by atoms with Gasteiger partial charge in [-0.25, -0.2) is 4.98 Å². The summed E-state index contributed by atoms with van der Waals surface area (Å²) in [5.41, 5.74) is 3.56. The maximum absolute atomic E-state index is 12.4. The van der Waals surface area contributed by atoms with E-state index in [0.29, 0.717) is 17.3 Å². The van der Waals surface area contributed by atoms with Gasteiger partial charge in [0.05, 0.1) is 6.04 Å². The fourth-order valence-corrected chi connectivity index (χ4v) is 3.12. The first kappa shape index (κ1) is 15.3. The van der Waals surface area contributed by atoms with Crippen LogP contribution in [0.15, 0.2) is 41.1 Å². The van der Waals surface area contributed by atoms with Gasteiger partial charge < -0.3 is 14.9 Å². The lowest BCUT2D eigenvalue weighted by atomic mass is 10.0. The van der Waals surface area contributed by atoms with Crippen molar-refractivity contribution in [1.29, 1.82) is 0 Å². The second kappa shape index (κ2) is 6.01. The van der Waals surface area contributed by atoms with Gasteiger partial charge in [0, 0.05) is 30.3 Å². The first-order valence-corrected chi connectivity index (χ1v) is 7.99. The molecule has 2 heterocycles. The average molecular weight is 336 g/mol. The summed E-state index contributed by atoms with van der Waals surface area (Å²) in [5, 5.41) is 16.4. The topological polar surface area (TPSA) is 101 Å². The number of nitrogens with one attached hydrogen (secondary N) is 1. The number of nitrogens with zero attached hydrogens (tertiary/aromatic N) is 3. The van der Waals surface area contributed by atoms with E-state index >= 15 is 0 Å². The van der Waals surface area contributed by atoms with Gasteiger partial charge in [-0.1, -0.05) is 17.3 Å². The van der Waals surface area contributed by atoms with Gasteiger partial charge in [0.2, 0.25) is 17.6 Å². The van der Waals surface area contributed by atoms with Crippen LogP contribution in [0, 0.1) is 6.92 Å². The molecule has 0 fully saturated rings. The van der Waals surface area contributed by atoms with Crippen LogP contribution >= 0.6 is 0 Å². The molecule has 126 valence electrons. The highest BCUT2D eigenvalue weighted by Crippen LogP contribution is 2.34. The molecule has 0 radical (unpaired) electrons. The zero-order valence-corrected chi connectivity index (χ0v) is 13.6. The number of pyridine rings is 1. The standard InChI is InChI=1S/C18H16N4O3/c1-10-20-17(22-25-10)12-2-4-14-11(8-12)3-5-15(14)21-18(24)13-6-7-19-16(23)9-13/h2,4,6-9,15H,3,5H2,1H3,(H,19,23)(H,21,24). The summed E-state index contributed by atoms with van der Waals surface area (Å²) >= 11 is 0. The Morgan fingerprint density at radius 2 is 2.20 bits per heavy atom. The predicted molar refractivity (Wildman–Crippen MR) is 88.9 cm³/mol. The third-order valence-corrected chi connectivity index (χ3v) is 4.32. The molecular formula is C18H16N4O3. The molecule has 7 heteroatoms. The Balaban J connectivity index is 1.55. The molecule has 0 saturated carbocycles. The summed E-state index contributed by atoms with van der Waals surface area (Å²) in [4.78, 5) is 20.3. The second-order valence-electron chi connectivity index (χ2n) is 6.02. The third-order valence-electron chi connectivity index (χ3n) is 4.32. The van der Waals surface area contributed by atoms with E-state index in [2.05, 4.69) is 20.4 Å². The normalized spacial score (nSPS) is 15.8. The molecule has 0 spiro atoms. The van der Waals surface area contributed by atoms with Crippen molar-refractivity contribution < 1.29 is 14.4 Å². The third kappa shape index (κ3) is 2.96. The van der Waals surface area contributed by atoms with E-state index in [1.54, 1.807) is 13.0 Å². The highest BCUT2D eigenvalue weighted by atomic mass is 16.5. The summed E-state index contributed by atoms with van der Waals surface area (Å²) in [6, 6.07) is 8.85. The molecule has 3 aromatic rings. The minimum absolute atomic E-state index is 0.0566. The van der Waals surface area contributed by atoms with Gasteiger partial charge in [-0.15, -0.1) is 0 Å². The summed E-state index contributed by atoms with van der Waals surface area (Å²) in [6.45, 7) is 1.76. The summed E-state index contributed by atoms with van der Waals surface area (Å²) in [6.07, 6.45) is 3.10. The Kier molecular flexibility index (Phi) is 3.68. The van der Waals surface area contributed by atoms with Crippen LogP contribution in [-0.2, 0) is 6.42 Å². The number of aryl methyl sites for hydroxylation is 2. The molecule has 1 unspecified atom stereocenters. The fraction of sp³-hybridized carbons (Fsp3) is 0.222. The van der Waals surface area contributed by atoms with Gasteiger partial charge in [-0.3, -0.25) is 4.79 Å². The minimum Gasteiger partial charge on any atom is -0.493 e. The number of hydrogen-bond acceptors (Lipinski definition) is 6. The number of amides is 1. The summed E-state index contributed by atoms with van der Waals surface area (Å²) in [5.74, 6) is 0.703. The Morgan fingerprint density at radius 1 is 1.32 bits per heavy atom. The van der Waals surface area contributed by atoms with Crippen LogP contribution in [0.3, 0.4) is 0 Å². The van der Waals surface area contributed by atoms with Gasteiger partial charge in [-0.2, -0.15) is 4.98 Å². The molecule has 1 aliphatic carbocycles. The van der Waals surface area contributed by atoms with Gasteiger partial charge in [0.1, 0.15) is 0 Å². The quantitative estimate of drug-likeness (QED) is 0.762. The van der Waals surface area contributed by atoms with Gasteiger partial charge >= 0.3 is 0 Å². The zero-order chi connectivity index (χ0) is 17.4. The van der Waals surface area contributed by atoms with Gasteiger partial charge in [0.25, 0.3) is 5.91 Å². The molecule has 25 heavy (non-hydrogen) atoms. The summed E-state index contributed by atoms with van der Waals surface area (Å²) in [7, 11) is 0. The molecule has 1 aliphatic rings. The Morgan fingerprint density at radius 3 is 2.96 bits per heavy atom. The van der Waals surface area contributed by atoms with Crippen molar-refractivity contribution in [1.82, 2.24) is 20.4 Å². The van der Waals surface area contributed by atoms with Crippen LogP contribution in [0.2, 0.25) is 0 Å². The van der Waals surface area contributed by atoms with Crippen molar-refractivity contribution in [2.75, 3.05) is 0 Å². The van der Waals surface area contributed by atoms with Crippen molar-refractivity contribution in [3.63, 3.8) is 0 Å². The molecule has 2 N–H and O–H groups in total. The van der Waals surface area contributed by atoms with Crippen molar-refractivity contribution in [2.24, 2.45) is 0 Å². The number of carbonyl (C=O) groups excluding carboxylic acids is 1. The van der Waals surface area contributed by atoms with Gasteiger partial charge in [0.15, 0.2) is 0 Å². The monoisotopic (exact) mass is 336 g/mol. The van der Waals surface area contributed by atoms with Crippen molar-refractivity contribution in [2.45, 2.75) is 25.8 Å². The van der Waals surface area contributed by atoms with Crippen molar-refractivity contribution >= 4 is 5.91 Å². The van der Waals surface area contributed by atoms with Crippen LogP contribution < -0.4 is 5.32 Å². The second-order valence-corrected chi connectivity index (χ2v) is 6.02. The van der Waals surface area contributed by atoms with E-state index in [1.807, 2.05) is 18.2 Å². The smallest absolute Gasteiger partial charge is 0.252 e. The van der Waals surface area contributed by atoms with E-state index in [4.69, 9.17) is 4.52 Å². The fourth-order valence-electron chi connectivity index (χ4n) is 3.12. The molecule has 0 saturated heterocycles. The number of rotatable bonds is 3. The molecule has 2 aromatic heterocycles. The Hall–Kier alpha value is -3.22. The van der Waals surface area contributed by atoms with Crippen LogP contribution in [0.25, 0.3) is 11.4 Å². The van der Waals surface area contributed by atoms with E-state index in [-0.39, 0.29) is 17.8 Å². The maximum Gasteiger partial charge on any atom is 0.252 e. The molecule has 1 aromatic carbocycles. The first-order chi connectivity index (χ1) is 12.1. The average Bonchev–Trinajstić information content (AvgIpc) is 3.21. The van der Waals surface area contributed by atoms with Crippen molar-refractivity contribution in [3.8, 4) is 17.3 Å². The molecule has 4 rings (SSSR count). The minimum atomic E-state index is -0.228. The number of carbonyl (C=O) groups is 1. The molecule has 7 nitrogen and oxygen atoms in total. The van der Waals surface area contributed by atoms with Crippen LogP contribution in [0.1, 0.15) is 39.8 Å². The molecule has 0 aliphatic heterocycles. The van der Waals surface area contributed by atoms with E-state index in [0.717, 1.165) is 24.0 Å². The Bertz CT molecular complexity index is 951. The molecule has 0 bridgehead atoms.